The van der Waals surface area contributed by atoms with E-state index in [0.717, 1.165) is 55.7 Å². The summed E-state index contributed by atoms with van der Waals surface area (Å²) in [5, 5.41) is 8.11. The third-order valence-electron chi connectivity index (χ3n) is 5.05. The summed E-state index contributed by atoms with van der Waals surface area (Å²) in [6.45, 7) is 5.53. The monoisotopic (exact) mass is 332 g/mol. The van der Waals surface area contributed by atoms with Crippen LogP contribution in [0, 0.1) is 12.3 Å². The molecule has 0 radical (unpaired) electrons. The van der Waals surface area contributed by atoms with Crippen molar-refractivity contribution in [3.63, 3.8) is 0 Å². The van der Waals surface area contributed by atoms with Crippen molar-refractivity contribution in [2.24, 2.45) is 0 Å². The van der Waals surface area contributed by atoms with Gasteiger partial charge in [-0.05, 0) is 64.0 Å². The lowest BCUT2D eigenvalue weighted by Gasteiger charge is -2.26. The third kappa shape index (κ3) is 4.35. The first-order chi connectivity index (χ1) is 11.1. The van der Waals surface area contributed by atoms with Crippen LogP contribution in [0.25, 0.3) is 0 Å². The van der Waals surface area contributed by atoms with Crippen LogP contribution in [0.2, 0.25) is 0 Å². The third-order valence-corrected chi connectivity index (χ3v) is 5.05. The van der Waals surface area contributed by atoms with E-state index in [9.17, 15) is 0 Å². The van der Waals surface area contributed by atoms with Crippen LogP contribution in [0.1, 0.15) is 82.0 Å². The second kappa shape index (κ2) is 8.61. The summed E-state index contributed by atoms with van der Waals surface area (Å²) in [6.07, 6.45) is 8.32. The average Bonchev–Trinajstić information content (AvgIpc) is 2.56. The highest BCUT2D eigenvalue weighted by atomic mass is 16.5. The van der Waals surface area contributed by atoms with Crippen LogP contribution in [0.4, 0.5) is 0 Å². The Bertz CT molecular complexity index is 559. The second-order valence-electron chi connectivity index (χ2n) is 6.93. The molecule has 1 aliphatic heterocycles. The van der Waals surface area contributed by atoms with Gasteiger partial charge >= 0.3 is 0 Å². The van der Waals surface area contributed by atoms with Gasteiger partial charge in [0.05, 0.1) is 5.56 Å². The Balaban J connectivity index is 0.00000208. The van der Waals surface area contributed by atoms with Crippen LogP contribution >= 0.6 is 0 Å². The molecule has 2 fully saturated rings. The molecule has 4 heteroatoms. The first-order valence-electron chi connectivity index (χ1n) is 8.96. The number of rotatable bonds is 4. The number of nitrogens with zero attached hydrogens (tertiary/aromatic N) is 1. The molecule has 24 heavy (non-hydrogen) atoms. The molecule has 0 atom stereocenters. The SMILES string of the molecule is C.CC(=N)c1c(C)cc(C2CCOCC2)nc1OC1CCCCC1. The highest BCUT2D eigenvalue weighted by molar-refractivity contribution is 5.99. The number of pyridine rings is 1. The zero-order valence-electron chi connectivity index (χ0n) is 14.4. The summed E-state index contributed by atoms with van der Waals surface area (Å²) in [7, 11) is 0. The molecule has 0 amide bonds. The Morgan fingerprint density at radius 3 is 2.46 bits per heavy atom. The Hall–Kier alpha value is -1.42. The molecule has 1 saturated heterocycles. The fraction of sp³-hybridized carbons (Fsp3) is 0.700. The van der Waals surface area contributed by atoms with Gasteiger partial charge < -0.3 is 14.9 Å². The minimum absolute atomic E-state index is 0. The quantitative estimate of drug-likeness (QED) is 0.788. The molecular formula is C20H32N2O2. The summed E-state index contributed by atoms with van der Waals surface area (Å²) >= 11 is 0. The lowest BCUT2D eigenvalue weighted by molar-refractivity contribution is 0.0840. The number of aromatic nitrogens is 1. The van der Waals surface area contributed by atoms with Gasteiger partial charge in [-0.15, -0.1) is 0 Å². The minimum atomic E-state index is 0. The largest absolute Gasteiger partial charge is 0.474 e. The summed E-state index contributed by atoms with van der Waals surface area (Å²) in [4.78, 5) is 4.85. The van der Waals surface area contributed by atoms with Crippen LogP contribution in [-0.4, -0.2) is 30.0 Å². The number of hydrogen-bond donors (Lipinski definition) is 1. The highest BCUT2D eigenvalue weighted by Crippen LogP contribution is 2.32. The summed E-state index contributed by atoms with van der Waals surface area (Å²) in [5.74, 6) is 1.14. The first kappa shape index (κ1) is 18.9. The second-order valence-corrected chi connectivity index (χ2v) is 6.93. The molecule has 1 N–H and O–H groups in total. The summed E-state index contributed by atoms with van der Waals surface area (Å²) in [5.41, 5.74) is 3.65. The smallest absolute Gasteiger partial charge is 0.223 e. The highest BCUT2D eigenvalue weighted by Gasteiger charge is 2.23. The maximum absolute atomic E-state index is 8.11. The van der Waals surface area contributed by atoms with Crippen LogP contribution in [0.5, 0.6) is 5.88 Å². The van der Waals surface area contributed by atoms with Gasteiger partial charge in [-0.2, -0.15) is 0 Å². The van der Waals surface area contributed by atoms with E-state index in [0.29, 0.717) is 17.5 Å². The van der Waals surface area contributed by atoms with Gasteiger partial charge in [0.1, 0.15) is 6.10 Å². The van der Waals surface area contributed by atoms with E-state index in [4.69, 9.17) is 19.9 Å². The van der Waals surface area contributed by atoms with Crippen molar-refractivity contribution in [2.75, 3.05) is 13.2 Å². The number of nitrogens with one attached hydrogen (secondary N) is 1. The van der Waals surface area contributed by atoms with E-state index >= 15 is 0 Å². The van der Waals surface area contributed by atoms with Gasteiger partial charge in [0, 0.05) is 30.5 Å². The Labute approximate surface area is 146 Å². The topological polar surface area (TPSA) is 55.2 Å². The van der Waals surface area contributed by atoms with Crippen molar-refractivity contribution < 1.29 is 9.47 Å². The predicted octanol–water partition coefficient (Wildman–Crippen LogP) is 5.02. The normalized spacial score (nSPS) is 19.6. The van der Waals surface area contributed by atoms with Gasteiger partial charge in [-0.25, -0.2) is 4.98 Å². The Morgan fingerprint density at radius 2 is 1.83 bits per heavy atom. The van der Waals surface area contributed by atoms with E-state index in [-0.39, 0.29) is 13.5 Å². The van der Waals surface area contributed by atoms with Crippen molar-refractivity contribution in [2.45, 2.75) is 78.2 Å². The number of aryl methyl sites for hydroxylation is 1. The van der Waals surface area contributed by atoms with Gasteiger partial charge in [-0.3, -0.25) is 0 Å². The number of ether oxygens (including phenoxy) is 2. The van der Waals surface area contributed by atoms with E-state index < -0.39 is 0 Å². The van der Waals surface area contributed by atoms with Gasteiger partial charge in [0.2, 0.25) is 5.88 Å². The number of hydrogen-bond acceptors (Lipinski definition) is 4. The molecule has 0 unspecified atom stereocenters. The van der Waals surface area contributed by atoms with Crippen molar-refractivity contribution in [3.8, 4) is 5.88 Å². The first-order valence-corrected chi connectivity index (χ1v) is 8.96. The fourth-order valence-corrected chi connectivity index (χ4v) is 3.75. The lowest BCUT2D eigenvalue weighted by atomic mass is 9.93. The maximum Gasteiger partial charge on any atom is 0.223 e. The molecule has 0 aromatic carbocycles. The molecule has 1 aromatic heterocycles. The molecule has 3 rings (SSSR count). The van der Waals surface area contributed by atoms with Crippen LogP contribution in [-0.2, 0) is 4.74 Å². The van der Waals surface area contributed by atoms with Crippen molar-refractivity contribution >= 4 is 5.71 Å². The Kier molecular flexibility index (Phi) is 6.79. The molecule has 2 aliphatic rings. The summed E-state index contributed by atoms with van der Waals surface area (Å²) in [6, 6.07) is 2.15. The van der Waals surface area contributed by atoms with E-state index in [2.05, 4.69) is 13.0 Å². The van der Waals surface area contributed by atoms with E-state index in [1.807, 2.05) is 6.92 Å². The molecular weight excluding hydrogens is 300 g/mol. The van der Waals surface area contributed by atoms with Crippen molar-refractivity contribution in [1.82, 2.24) is 4.98 Å². The van der Waals surface area contributed by atoms with Gasteiger partial charge in [0.25, 0.3) is 0 Å². The van der Waals surface area contributed by atoms with Crippen LogP contribution in [0.15, 0.2) is 6.07 Å². The van der Waals surface area contributed by atoms with Crippen molar-refractivity contribution in [1.29, 1.82) is 5.41 Å². The van der Waals surface area contributed by atoms with Gasteiger partial charge in [0.15, 0.2) is 0 Å². The van der Waals surface area contributed by atoms with Crippen LogP contribution in [0.3, 0.4) is 0 Å². The zero-order valence-corrected chi connectivity index (χ0v) is 14.4. The maximum atomic E-state index is 8.11. The van der Waals surface area contributed by atoms with E-state index in [1.54, 1.807) is 0 Å². The average molecular weight is 332 g/mol. The zero-order chi connectivity index (χ0) is 16.2. The molecule has 0 spiro atoms. The molecule has 4 nitrogen and oxygen atoms in total. The molecule has 0 bridgehead atoms. The Morgan fingerprint density at radius 1 is 1.17 bits per heavy atom. The molecule has 1 saturated carbocycles. The summed E-state index contributed by atoms with van der Waals surface area (Å²) < 4.78 is 11.7. The van der Waals surface area contributed by atoms with Crippen LogP contribution < -0.4 is 4.74 Å². The molecule has 1 aromatic rings. The fourth-order valence-electron chi connectivity index (χ4n) is 3.75. The van der Waals surface area contributed by atoms with Crippen molar-refractivity contribution in [3.05, 3.63) is 22.9 Å². The van der Waals surface area contributed by atoms with Gasteiger partial charge in [-0.1, -0.05) is 13.8 Å². The molecule has 134 valence electrons. The predicted molar refractivity (Wildman–Crippen MR) is 98.5 cm³/mol. The standard InChI is InChI=1S/C19H28N2O2.CH4/c1-13-12-17(15-8-10-22-11-9-15)21-19(18(13)14(2)20)23-16-6-4-3-5-7-16;/h12,15-16,20H,3-11H2,1-2H3;1H4. The minimum Gasteiger partial charge on any atom is -0.474 e. The molecule has 2 heterocycles. The lowest BCUT2D eigenvalue weighted by Crippen LogP contribution is -2.23. The molecule has 1 aliphatic carbocycles. The van der Waals surface area contributed by atoms with E-state index in [1.165, 1.54) is 19.3 Å².